The minimum atomic E-state index is -0.390. The molecule has 0 aliphatic heterocycles. The Morgan fingerprint density at radius 2 is 1.82 bits per heavy atom. The summed E-state index contributed by atoms with van der Waals surface area (Å²) in [5.74, 6) is -0.757. The Morgan fingerprint density at radius 3 is 2.29 bits per heavy atom. The molecule has 0 aliphatic rings. The minimum absolute atomic E-state index is 0.0226. The van der Waals surface area contributed by atoms with Crippen LogP contribution in [-0.2, 0) is 16.0 Å². The van der Waals surface area contributed by atoms with E-state index in [-0.39, 0.29) is 18.2 Å². The van der Waals surface area contributed by atoms with Crippen molar-refractivity contribution in [1.82, 2.24) is 0 Å². The van der Waals surface area contributed by atoms with Gasteiger partial charge >= 0.3 is 5.97 Å². The highest BCUT2D eigenvalue weighted by molar-refractivity contribution is 5.98. The standard InChI is InChI=1S/C14H18O3/c1-4-11-5-7-12(8-6-11)13(15)9-10(2)14(16)17-3/h5-8,10H,4,9H2,1-3H3. The summed E-state index contributed by atoms with van der Waals surface area (Å²) >= 11 is 0. The first kappa shape index (κ1) is 13.4. The first-order chi connectivity index (χ1) is 8.08. The molecule has 1 atom stereocenters. The second-order valence-electron chi connectivity index (χ2n) is 4.10. The molecule has 0 fully saturated rings. The number of hydrogen-bond donors (Lipinski definition) is 0. The van der Waals surface area contributed by atoms with E-state index in [4.69, 9.17) is 0 Å². The number of methoxy groups -OCH3 is 1. The second kappa shape index (κ2) is 6.18. The van der Waals surface area contributed by atoms with Gasteiger partial charge in [0, 0.05) is 12.0 Å². The van der Waals surface area contributed by atoms with Gasteiger partial charge in [0.15, 0.2) is 5.78 Å². The van der Waals surface area contributed by atoms with Crippen LogP contribution in [0.15, 0.2) is 24.3 Å². The van der Waals surface area contributed by atoms with Gasteiger partial charge in [-0.1, -0.05) is 38.1 Å². The van der Waals surface area contributed by atoms with Crippen LogP contribution in [0, 0.1) is 5.92 Å². The minimum Gasteiger partial charge on any atom is -0.469 e. The predicted molar refractivity (Wildman–Crippen MR) is 65.9 cm³/mol. The number of hydrogen-bond acceptors (Lipinski definition) is 3. The van der Waals surface area contributed by atoms with Gasteiger partial charge in [0.1, 0.15) is 0 Å². The van der Waals surface area contributed by atoms with Crippen LogP contribution < -0.4 is 0 Å². The highest BCUT2D eigenvalue weighted by atomic mass is 16.5. The lowest BCUT2D eigenvalue weighted by atomic mass is 9.99. The molecule has 1 rings (SSSR count). The Bertz CT molecular complexity index is 392. The Kier molecular flexibility index (Phi) is 4.88. The molecule has 1 unspecified atom stereocenters. The molecular formula is C14H18O3. The molecule has 0 bridgehead atoms. The molecule has 3 nitrogen and oxygen atoms in total. The lowest BCUT2D eigenvalue weighted by molar-refractivity contribution is -0.144. The third kappa shape index (κ3) is 3.70. The summed E-state index contributed by atoms with van der Waals surface area (Å²) in [6, 6.07) is 7.50. The van der Waals surface area contributed by atoms with Crippen molar-refractivity contribution in [3.63, 3.8) is 0 Å². The molecule has 0 amide bonds. The van der Waals surface area contributed by atoms with Crippen LogP contribution >= 0.6 is 0 Å². The van der Waals surface area contributed by atoms with E-state index in [0.29, 0.717) is 5.56 Å². The molecule has 92 valence electrons. The molecule has 1 aromatic rings. The van der Waals surface area contributed by atoms with E-state index in [0.717, 1.165) is 6.42 Å². The SMILES string of the molecule is CCc1ccc(C(=O)CC(C)C(=O)OC)cc1. The number of carbonyl (C=O) groups is 2. The number of rotatable bonds is 5. The van der Waals surface area contributed by atoms with Gasteiger partial charge in [-0.2, -0.15) is 0 Å². The van der Waals surface area contributed by atoms with Crippen molar-refractivity contribution in [2.24, 2.45) is 5.92 Å². The number of benzene rings is 1. The molecule has 0 saturated heterocycles. The van der Waals surface area contributed by atoms with Gasteiger partial charge in [0.05, 0.1) is 13.0 Å². The molecule has 1 aromatic carbocycles. The van der Waals surface area contributed by atoms with E-state index in [1.165, 1.54) is 12.7 Å². The zero-order valence-electron chi connectivity index (χ0n) is 10.5. The van der Waals surface area contributed by atoms with Gasteiger partial charge in [0.25, 0.3) is 0 Å². The molecule has 0 aliphatic carbocycles. The van der Waals surface area contributed by atoms with Gasteiger partial charge < -0.3 is 4.74 Å². The van der Waals surface area contributed by atoms with Crippen LogP contribution in [0.25, 0.3) is 0 Å². The van der Waals surface area contributed by atoms with E-state index < -0.39 is 5.92 Å². The maximum atomic E-state index is 11.9. The number of ketones is 1. The summed E-state index contributed by atoms with van der Waals surface area (Å²) in [6.07, 6.45) is 1.14. The third-order valence-electron chi connectivity index (χ3n) is 2.78. The highest BCUT2D eigenvalue weighted by Crippen LogP contribution is 2.12. The summed E-state index contributed by atoms with van der Waals surface area (Å²) in [5, 5.41) is 0. The van der Waals surface area contributed by atoms with Crippen LogP contribution in [0.2, 0.25) is 0 Å². The Labute approximate surface area is 102 Å². The molecule has 0 aromatic heterocycles. The van der Waals surface area contributed by atoms with Gasteiger partial charge in [-0.15, -0.1) is 0 Å². The number of ether oxygens (including phenoxy) is 1. The van der Waals surface area contributed by atoms with Crippen molar-refractivity contribution in [2.45, 2.75) is 26.7 Å². The van der Waals surface area contributed by atoms with E-state index in [2.05, 4.69) is 11.7 Å². The lowest BCUT2D eigenvalue weighted by Crippen LogP contribution is -2.16. The van der Waals surface area contributed by atoms with Crippen molar-refractivity contribution in [2.75, 3.05) is 7.11 Å². The highest BCUT2D eigenvalue weighted by Gasteiger charge is 2.18. The first-order valence-electron chi connectivity index (χ1n) is 5.78. The molecular weight excluding hydrogens is 216 g/mol. The first-order valence-corrected chi connectivity index (χ1v) is 5.78. The Hall–Kier alpha value is -1.64. The smallest absolute Gasteiger partial charge is 0.308 e. The zero-order chi connectivity index (χ0) is 12.8. The average Bonchev–Trinajstić information content (AvgIpc) is 2.37. The summed E-state index contributed by atoms with van der Waals surface area (Å²) in [6.45, 7) is 3.76. The van der Waals surface area contributed by atoms with Crippen LogP contribution in [0.3, 0.4) is 0 Å². The quantitative estimate of drug-likeness (QED) is 0.581. The van der Waals surface area contributed by atoms with Gasteiger partial charge in [0.2, 0.25) is 0 Å². The molecule has 0 heterocycles. The van der Waals surface area contributed by atoms with Gasteiger partial charge in [-0.25, -0.2) is 0 Å². The fourth-order valence-electron chi connectivity index (χ4n) is 1.61. The molecule has 0 spiro atoms. The van der Waals surface area contributed by atoms with Crippen molar-refractivity contribution in [1.29, 1.82) is 0 Å². The normalized spacial score (nSPS) is 11.9. The molecule has 0 saturated carbocycles. The zero-order valence-corrected chi connectivity index (χ0v) is 10.5. The van der Waals surface area contributed by atoms with Crippen molar-refractivity contribution in [3.05, 3.63) is 35.4 Å². The summed E-state index contributed by atoms with van der Waals surface area (Å²) in [7, 11) is 1.33. The number of aryl methyl sites for hydroxylation is 1. The molecule has 0 radical (unpaired) electrons. The fraction of sp³-hybridized carbons (Fsp3) is 0.429. The lowest BCUT2D eigenvalue weighted by Gasteiger charge is -2.08. The van der Waals surface area contributed by atoms with Crippen molar-refractivity contribution < 1.29 is 14.3 Å². The maximum absolute atomic E-state index is 11.9. The topological polar surface area (TPSA) is 43.4 Å². The number of carbonyl (C=O) groups excluding carboxylic acids is 2. The largest absolute Gasteiger partial charge is 0.469 e. The van der Waals surface area contributed by atoms with Crippen LogP contribution in [0.5, 0.6) is 0 Å². The summed E-state index contributed by atoms with van der Waals surface area (Å²) in [5.41, 5.74) is 1.85. The van der Waals surface area contributed by atoms with Crippen molar-refractivity contribution >= 4 is 11.8 Å². The monoisotopic (exact) mass is 234 g/mol. The Morgan fingerprint density at radius 1 is 1.24 bits per heavy atom. The van der Waals surface area contributed by atoms with Crippen LogP contribution in [0.4, 0.5) is 0 Å². The fourth-order valence-corrected chi connectivity index (χ4v) is 1.61. The predicted octanol–water partition coefficient (Wildman–Crippen LogP) is 2.63. The van der Waals surface area contributed by atoms with Gasteiger partial charge in [-0.3, -0.25) is 9.59 Å². The summed E-state index contributed by atoms with van der Waals surface area (Å²) in [4.78, 5) is 23.1. The summed E-state index contributed by atoms with van der Waals surface area (Å²) < 4.78 is 4.59. The average molecular weight is 234 g/mol. The van der Waals surface area contributed by atoms with E-state index in [9.17, 15) is 9.59 Å². The van der Waals surface area contributed by atoms with Crippen LogP contribution in [-0.4, -0.2) is 18.9 Å². The molecule has 17 heavy (non-hydrogen) atoms. The van der Waals surface area contributed by atoms with E-state index in [1.807, 2.05) is 24.3 Å². The van der Waals surface area contributed by atoms with Gasteiger partial charge in [-0.05, 0) is 12.0 Å². The Balaban J connectivity index is 2.66. The second-order valence-corrected chi connectivity index (χ2v) is 4.10. The third-order valence-corrected chi connectivity index (χ3v) is 2.78. The maximum Gasteiger partial charge on any atom is 0.308 e. The number of Topliss-reactive ketones (excluding diaryl/α,β-unsaturated/α-hetero) is 1. The molecule has 0 N–H and O–H groups in total. The van der Waals surface area contributed by atoms with Crippen LogP contribution in [0.1, 0.15) is 36.2 Å². The molecule has 3 heteroatoms. The van der Waals surface area contributed by atoms with E-state index in [1.54, 1.807) is 6.92 Å². The van der Waals surface area contributed by atoms with E-state index >= 15 is 0 Å². The number of esters is 1. The van der Waals surface area contributed by atoms with Crippen molar-refractivity contribution in [3.8, 4) is 0 Å².